The molecule has 0 aliphatic carbocycles. The van der Waals surface area contributed by atoms with Gasteiger partial charge in [-0.2, -0.15) is 0 Å². The number of carboxylic acid groups (broad SMARTS) is 1. The molecule has 0 radical (unpaired) electrons. The van der Waals surface area contributed by atoms with Crippen molar-refractivity contribution in [3.8, 4) is 5.75 Å². The molecule has 1 heterocycles. The highest BCUT2D eigenvalue weighted by molar-refractivity contribution is 9.10. The van der Waals surface area contributed by atoms with Gasteiger partial charge in [-0.3, -0.25) is 4.79 Å². The number of halogens is 2. The van der Waals surface area contributed by atoms with E-state index in [1.165, 1.54) is 4.90 Å². The molecule has 1 aliphatic rings. The Morgan fingerprint density at radius 1 is 1.43 bits per heavy atom. The number of hydrogen-bond donors (Lipinski definition) is 1. The molecule has 1 aliphatic heterocycles. The lowest BCUT2D eigenvalue weighted by Gasteiger charge is -2.22. The Bertz CT molecular complexity index is 550. The van der Waals surface area contributed by atoms with Gasteiger partial charge in [0.2, 0.25) is 5.67 Å². The Balaban J connectivity index is 1.97. The smallest absolute Gasteiger partial charge is 0.343 e. The van der Waals surface area contributed by atoms with Gasteiger partial charge in [-0.15, -0.1) is 0 Å². The van der Waals surface area contributed by atoms with Crippen LogP contribution in [0.5, 0.6) is 5.75 Å². The van der Waals surface area contributed by atoms with Crippen LogP contribution in [0, 0.1) is 0 Å². The Kier molecular flexibility index (Phi) is 4.51. The van der Waals surface area contributed by atoms with Crippen molar-refractivity contribution in [3.05, 3.63) is 28.7 Å². The van der Waals surface area contributed by atoms with E-state index in [0.717, 1.165) is 4.47 Å². The summed E-state index contributed by atoms with van der Waals surface area (Å²) in [5.41, 5.74) is -2.35. The Morgan fingerprint density at radius 3 is 2.57 bits per heavy atom. The summed E-state index contributed by atoms with van der Waals surface area (Å²) in [7, 11) is 0. The first-order chi connectivity index (χ1) is 9.82. The minimum atomic E-state index is -2.35. The number of rotatable bonds is 4. The van der Waals surface area contributed by atoms with Crippen molar-refractivity contribution in [3.63, 3.8) is 0 Å². The number of carbonyl (C=O) groups excluding carboxylic acids is 1. The maximum Gasteiger partial charge on any atom is 0.343 e. The third-order valence-corrected chi connectivity index (χ3v) is 3.92. The number of aliphatic carboxylic acids is 1. The van der Waals surface area contributed by atoms with E-state index in [4.69, 9.17) is 9.84 Å². The molecule has 2 atom stereocenters. The molecule has 1 fully saturated rings. The quantitative estimate of drug-likeness (QED) is 0.895. The van der Waals surface area contributed by atoms with Gasteiger partial charge in [-0.25, -0.2) is 9.18 Å². The van der Waals surface area contributed by atoms with Gasteiger partial charge in [0.1, 0.15) is 5.75 Å². The van der Waals surface area contributed by atoms with Gasteiger partial charge in [0.05, 0.1) is 6.54 Å². The standard InChI is InChI=1S/C14H15BrFNO4/c1-9(21-11-4-2-10(15)3-5-11)12(18)17-7-6-14(16,8-17)13(19)20/h2-5,9H,6-8H2,1H3,(H,19,20). The average Bonchev–Trinajstić information content (AvgIpc) is 2.84. The zero-order valence-corrected chi connectivity index (χ0v) is 13.0. The zero-order chi connectivity index (χ0) is 15.6. The predicted molar refractivity (Wildman–Crippen MR) is 76.9 cm³/mol. The minimum Gasteiger partial charge on any atom is -0.481 e. The fourth-order valence-electron chi connectivity index (χ4n) is 2.16. The summed E-state index contributed by atoms with van der Waals surface area (Å²) >= 11 is 3.29. The lowest BCUT2D eigenvalue weighted by molar-refractivity contribution is -0.150. The normalized spacial score (nSPS) is 22.9. The third kappa shape index (κ3) is 3.53. The highest BCUT2D eigenvalue weighted by Crippen LogP contribution is 2.27. The monoisotopic (exact) mass is 359 g/mol. The first kappa shape index (κ1) is 15.8. The SMILES string of the molecule is CC(Oc1ccc(Br)cc1)C(=O)N1CCC(F)(C(=O)O)C1. The molecule has 0 saturated carbocycles. The van der Waals surface area contributed by atoms with Crippen molar-refractivity contribution in [2.45, 2.75) is 25.1 Å². The molecule has 1 aromatic carbocycles. The van der Waals surface area contributed by atoms with Crippen LogP contribution in [0.2, 0.25) is 0 Å². The minimum absolute atomic E-state index is 0.0790. The van der Waals surface area contributed by atoms with Crippen LogP contribution in [0.1, 0.15) is 13.3 Å². The molecule has 2 rings (SSSR count). The second-order valence-electron chi connectivity index (χ2n) is 4.99. The molecule has 1 saturated heterocycles. The lowest BCUT2D eigenvalue weighted by atomic mass is 10.1. The Labute approximate surface area is 129 Å². The van der Waals surface area contributed by atoms with Gasteiger partial charge in [0.25, 0.3) is 5.91 Å². The van der Waals surface area contributed by atoms with E-state index >= 15 is 0 Å². The summed E-state index contributed by atoms with van der Waals surface area (Å²) in [6.45, 7) is 1.20. The van der Waals surface area contributed by atoms with Crippen LogP contribution in [-0.2, 0) is 9.59 Å². The summed E-state index contributed by atoms with van der Waals surface area (Å²) < 4.78 is 20.3. The first-order valence-electron chi connectivity index (χ1n) is 6.45. The van der Waals surface area contributed by atoms with Crippen molar-refractivity contribution in [1.82, 2.24) is 4.90 Å². The van der Waals surface area contributed by atoms with Crippen LogP contribution in [0.25, 0.3) is 0 Å². The zero-order valence-electron chi connectivity index (χ0n) is 11.4. The average molecular weight is 360 g/mol. The van der Waals surface area contributed by atoms with Crippen molar-refractivity contribution in [1.29, 1.82) is 0 Å². The van der Waals surface area contributed by atoms with Crippen molar-refractivity contribution in [2.24, 2.45) is 0 Å². The van der Waals surface area contributed by atoms with E-state index in [2.05, 4.69) is 15.9 Å². The lowest BCUT2D eigenvalue weighted by Crippen LogP contribution is -2.43. The number of alkyl halides is 1. The van der Waals surface area contributed by atoms with Gasteiger partial charge < -0.3 is 14.7 Å². The summed E-state index contributed by atoms with van der Waals surface area (Å²) in [6.07, 6.45) is -0.999. The first-order valence-corrected chi connectivity index (χ1v) is 7.24. The van der Waals surface area contributed by atoms with Gasteiger partial charge in [0.15, 0.2) is 6.10 Å². The van der Waals surface area contributed by atoms with Crippen LogP contribution in [0.15, 0.2) is 28.7 Å². The van der Waals surface area contributed by atoms with Crippen LogP contribution in [-0.4, -0.2) is 46.7 Å². The highest BCUT2D eigenvalue weighted by Gasteiger charge is 2.47. The van der Waals surface area contributed by atoms with Crippen molar-refractivity contribution < 1.29 is 23.8 Å². The number of carboxylic acids is 1. The van der Waals surface area contributed by atoms with Crippen molar-refractivity contribution in [2.75, 3.05) is 13.1 Å². The number of amides is 1. The molecule has 7 heteroatoms. The maximum absolute atomic E-state index is 13.9. The Hall–Kier alpha value is -1.63. The molecule has 1 amide bonds. The summed E-state index contributed by atoms with van der Waals surface area (Å²) in [6, 6.07) is 6.96. The molecular formula is C14H15BrFNO4. The number of benzene rings is 1. The molecule has 1 aromatic rings. The van der Waals surface area contributed by atoms with E-state index in [0.29, 0.717) is 5.75 Å². The second kappa shape index (κ2) is 6.01. The number of hydrogen-bond acceptors (Lipinski definition) is 3. The van der Waals surface area contributed by atoms with E-state index in [9.17, 15) is 14.0 Å². The largest absolute Gasteiger partial charge is 0.481 e. The number of likely N-dealkylation sites (tertiary alicyclic amines) is 1. The van der Waals surface area contributed by atoms with Crippen LogP contribution < -0.4 is 4.74 Å². The molecule has 114 valence electrons. The summed E-state index contributed by atoms with van der Waals surface area (Å²) in [4.78, 5) is 24.2. The molecule has 2 unspecified atom stereocenters. The third-order valence-electron chi connectivity index (χ3n) is 3.39. The molecule has 0 spiro atoms. The molecule has 1 N–H and O–H groups in total. The predicted octanol–water partition coefficient (Wildman–Crippen LogP) is 2.24. The highest BCUT2D eigenvalue weighted by atomic mass is 79.9. The number of nitrogens with zero attached hydrogens (tertiary/aromatic N) is 1. The van der Waals surface area contributed by atoms with Crippen LogP contribution in [0.4, 0.5) is 4.39 Å². The Morgan fingerprint density at radius 2 is 2.05 bits per heavy atom. The fraction of sp³-hybridized carbons (Fsp3) is 0.429. The summed E-state index contributed by atoms with van der Waals surface area (Å²) in [5.74, 6) is -1.43. The summed E-state index contributed by atoms with van der Waals surface area (Å²) in [5, 5.41) is 8.82. The second-order valence-corrected chi connectivity index (χ2v) is 5.91. The van der Waals surface area contributed by atoms with Crippen molar-refractivity contribution >= 4 is 27.8 Å². The molecular weight excluding hydrogens is 345 g/mol. The molecule has 0 aromatic heterocycles. The maximum atomic E-state index is 13.9. The fourth-order valence-corrected chi connectivity index (χ4v) is 2.42. The van der Waals surface area contributed by atoms with E-state index < -0.39 is 30.2 Å². The number of carbonyl (C=O) groups is 2. The van der Waals surface area contributed by atoms with Gasteiger partial charge in [-0.1, -0.05) is 15.9 Å². The molecule has 0 bridgehead atoms. The molecule has 5 nitrogen and oxygen atoms in total. The van der Waals surface area contributed by atoms with Crippen LogP contribution in [0.3, 0.4) is 0 Å². The van der Waals surface area contributed by atoms with E-state index in [1.807, 2.05) is 0 Å². The van der Waals surface area contributed by atoms with Gasteiger partial charge in [0, 0.05) is 17.4 Å². The van der Waals surface area contributed by atoms with Crippen LogP contribution >= 0.6 is 15.9 Å². The van der Waals surface area contributed by atoms with Gasteiger partial charge in [-0.05, 0) is 31.2 Å². The molecule has 21 heavy (non-hydrogen) atoms. The van der Waals surface area contributed by atoms with Gasteiger partial charge >= 0.3 is 5.97 Å². The topological polar surface area (TPSA) is 66.8 Å². The van der Waals surface area contributed by atoms with E-state index in [-0.39, 0.29) is 13.0 Å². The number of ether oxygens (including phenoxy) is 1. The van der Waals surface area contributed by atoms with E-state index in [1.54, 1.807) is 31.2 Å².